The van der Waals surface area contributed by atoms with Gasteiger partial charge in [0.1, 0.15) is 5.60 Å². The molecule has 0 aliphatic carbocycles. The van der Waals surface area contributed by atoms with Crippen LogP contribution in [-0.2, 0) is 4.74 Å². The minimum Gasteiger partial charge on any atom is -0.444 e. The summed E-state index contributed by atoms with van der Waals surface area (Å²) in [5.41, 5.74) is 1.98. The second-order valence-corrected chi connectivity index (χ2v) is 6.67. The van der Waals surface area contributed by atoms with E-state index in [-0.39, 0.29) is 6.09 Å². The minimum atomic E-state index is -0.439. The quantitative estimate of drug-likeness (QED) is 0.797. The second-order valence-electron chi connectivity index (χ2n) is 6.67. The SMILES string of the molecule is CC(C)(C)OC(=O)N1CCN2c3ccccc3NC[C@@H]2C1. The first-order valence-corrected chi connectivity index (χ1v) is 7.51. The highest BCUT2D eigenvalue weighted by Crippen LogP contribution is 2.32. The van der Waals surface area contributed by atoms with Gasteiger partial charge in [-0.2, -0.15) is 0 Å². The molecule has 114 valence electrons. The van der Waals surface area contributed by atoms with Crippen LogP contribution in [0.5, 0.6) is 0 Å². The first-order valence-electron chi connectivity index (χ1n) is 7.51. The monoisotopic (exact) mass is 289 g/mol. The van der Waals surface area contributed by atoms with Gasteiger partial charge in [-0.1, -0.05) is 12.1 Å². The Bertz CT molecular complexity index is 539. The van der Waals surface area contributed by atoms with Crippen molar-refractivity contribution in [1.29, 1.82) is 0 Å². The smallest absolute Gasteiger partial charge is 0.410 e. The largest absolute Gasteiger partial charge is 0.444 e. The number of nitrogens with zero attached hydrogens (tertiary/aromatic N) is 2. The number of ether oxygens (including phenoxy) is 1. The van der Waals surface area contributed by atoms with E-state index in [0.717, 1.165) is 13.1 Å². The fraction of sp³-hybridized carbons (Fsp3) is 0.562. The van der Waals surface area contributed by atoms with Gasteiger partial charge in [0.15, 0.2) is 0 Å². The molecule has 1 fully saturated rings. The summed E-state index contributed by atoms with van der Waals surface area (Å²) in [5, 5.41) is 3.45. The highest BCUT2D eigenvalue weighted by atomic mass is 16.6. The molecule has 5 nitrogen and oxygen atoms in total. The lowest BCUT2D eigenvalue weighted by molar-refractivity contribution is 0.0217. The fourth-order valence-electron chi connectivity index (χ4n) is 2.94. The van der Waals surface area contributed by atoms with Crippen LogP contribution in [0.15, 0.2) is 24.3 Å². The summed E-state index contributed by atoms with van der Waals surface area (Å²) in [6.45, 7) is 8.83. The first-order chi connectivity index (χ1) is 9.94. The Hall–Kier alpha value is -1.91. The predicted octanol–water partition coefficient (Wildman–Crippen LogP) is 2.54. The number of hydrogen-bond acceptors (Lipinski definition) is 4. The average molecular weight is 289 g/mol. The molecule has 0 aromatic heterocycles. The molecule has 0 unspecified atom stereocenters. The molecular formula is C16H23N3O2. The third kappa shape index (κ3) is 2.91. The van der Waals surface area contributed by atoms with E-state index in [4.69, 9.17) is 4.74 Å². The lowest BCUT2D eigenvalue weighted by atomic mass is 10.1. The third-order valence-electron chi connectivity index (χ3n) is 3.88. The molecule has 0 saturated carbocycles. The number of fused-ring (bicyclic) bond motifs is 3. The van der Waals surface area contributed by atoms with E-state index in [9.17, 15) is 4.79 Å². The van der Waals surface area contributed by atoms with E-state index in [1.807, 2.05) is 31.7 Å². The van der Waals surface area contributed by atoms with E-state index >= 15 is 0 Å². The van der Waals surface area contributed by atoms with Gasteiger partial charge in [-0.15, -0.1) is 0 Å². The molecule has 21 heavy (non-hydrogen) atoms. The molecule has 0 radical (unpaired) electrons. The van der Waals surface area contributed by atoms with Crippen LogP contribution >= 0.6 is 0 Å². The first kappa shape index (κ1) is 14.0. The number of anilines is 2. The van der Waals surface area contributed by atoms with Crippen molar-refractivity contribution in [2.75, 3.05) is 36.4 Å². The zero-order valence-electron chi connectivity index (χ0n) is 12.9. The molecule has 5 heteroatoms. The predicted molar refractivity (Wildman–Crippen MR) is 83.9 cm³/mol. The molecule has 2 aliphatic heterocycles. The molecule has 1 saturated heterocycles. The molecule has 2 heterocycles. The molecule has 3 rings (SSSR count). The molecule has 1 atom stereocenters. The zero-order chi connectivity index (χ0) is 15.0. The number of carbonyl (C=O) groups excluding carboxylic acids is 1. The number of rotatable bonds is 0. The van der Waals surface area contributed by atoms with Gasteiger partial charge in [0.05, 0.1) is 17.4 Å². The number of hydrogen-bond donors (Lipinski definition) is 1. The van der Waals surface area contributed by atoms with Crippen molar-refractivity contribution < 1.29 is 9.53 Å². The molecule has 1 aromatic carbocycles. The van der Waals surface area contributed by atoms with Crippen molar-refractivity contribution in [3.05, 3.63) is 24.3 Å². The zero-order valence-corrected chi connectivity index (χ0v) is 12.9. The molecule has 0 bridgehead atoms. The van der Waals surface area contributed by atoms with E-state index in [1.165, 1.54) is 11.4 Å². The summed E-state index contributed by atoms with van der Waals surface area (Å²) < 4.78 is 5.47. The van der Waals surface area contributed by atoms with Gasteiger partial charge in [0, 0.05) is 26.2 Å². The number of amides is 1. The number of benzene rings is 1. The Morgan fingerprint density at radius 2 is 2.05 bits per heavy atom. The van der Waals surface area contributed by atoms with Crippen molar-refractivity contribution >= 4 is 17.5 Å². The van der Waals surface area contributed by atoms with Gasteiger partial charge in [-0.05, 0) is 32.9 Å². The second kappa shape index (κ2) is 5.13. The van der Waals surface area contributed by atoms with Crippen LogP contribution in [0.3, 0.4) is 0 Å². The van der Waals surface area contributed by atoms with E-state index in [2.05, 4.69) is 28.4 Å². The maximum absolute atomic E-state index is 12.2. The Kier molecular flexibility index (Phi) is 3.43. The van der Waals surface area contributed by atoms with E-state index < -0.39 is 5.60 Å². The van der Waals surface area contributed by atoms with Gasteiger partial charge in [0.2, 0.25) is 0 Å². The van der Waals surface area contributed by atoms with Gasteiger partial charge >= 0.3 is 6.09 Å². The normalized spacial score (nSPS) is 21.2. The highest BCUT2D eigenvalue weighted by Gasteiger charge is 2.34. The van der Waals surface area contributed by atoms with E-state index in [1.54, 1.807) is 0 Å². The van der Waals surface area contributed by atoms with Crippen LogP contribution < -0.4 is 10.2 Å². The Balaban J connectivity index is 1.70. The molecule has 1 aromatic rings. The Labute approximate surface area is 125 Å². The molecule has 2 aliphatic rings. The van der Waals surface area contributed by atoms with Gasteiger partial charge in [0.25, 0.3) is 0 Å². The minimum absolute atomic E-state index is 0.207. The standard InChI is InChI=1S/C16H23N3O2/c1-16(2,3)21-15(20)18-8-9-19-12(11-18)10-17-13-6-4-5-7-14(13)19/h4-7,12,17H,8-11H2,1-3H3/t12-/m1/s1. The van der Waals surface area contributed by atoms with Crippen LogP contribution in [0.25, 0.3) is 0 Å². The lowest BCUT2D eigenvalue weighted by Crippen LogP contribution is -2.59. The summed E-state index contributed by atoms with van der Waals surface area (Å²) in [4.78, 5) is 16.4. The summed E-state index contributed by atoms with van der Waals surface area (Å²) in [7, 11) is 0. The molecule has 0 spiro atoms. The summed E-state index contributed by atoms with van der Waals surface area (Å²) in [6, 6.07) is 8.65. The van der Waals surface area contributed by atoms with E-state index in [0.29, 0.717) is 19.1 Å². The van der Waals surface area contributed by atoms with Crippen LogP contribution in [0.2, 0.25) is 0 Å². The molecule has 1 N–H and O–H groups in total. The van der Waals surface area contributed by atoms with Crippen molar-refractivity contribution in [2.24, 2.45) is 0 Å². The van der Waals surface area contributed by atoms with Crippen molar-refractivity contribution in [3.8, 4) is 0 Å². The van der Waals surface area contributed by atoms with Crippen LogP contribution in [0, 0.1) is 0 Å². The maximum Gasteiger partial charge on any atom is 0.410 e. The maximum atomic E-state index is 12.2. The summed E-state index contributed by atoms with van der Waals surface area (Å²) in [6.07, 6.45) is -0.207. The van der Waals surface area contributed by atoms with Gasteiger partial charge < -0.3 is 19.9 Å². The third-order valence-corrected chi connectivity index (χ3v) is 3.88. The summed E-state index contributed by atoms with van der Waals surface area (Å²) >= 11 is 0. The lowest BCUT2D eigenvalue weighted by Gasteiger charge is -2.46. The average Bonchev–Trinajstić information content (AvgIpc) is 2.44. The number of nitrogens with one attached hydrogen (secondary N) is 1. The Morgan fingerprint density at radius 1 is 1.29 bits per heavy atom. The van der Waals surface area contributed by atoms with Gasteiger partial charge in [-0.25, -0.2) is 4.79 Å². The van der Waals surface area contributed by atoms with Gasteiger partial charge in [-0.3, -0.25) is 0 Å². The number of piperazine rings is 1. The highest BCUT2D eigenvalue weighted by molar-refractivity contribution is 5.74. The van der Waals surface area contributed by atoms with Crippen molar-refractivity contribution in [2.45, 2.75) is 32.4 Å². The van der Waals surface area contributed by atoms with Crippen LogP contribution in [0.4, 0.5) is 16.2 Å². The van der Waals surface area contributed by atoms with Crippen molar-refractivity contribution in [3.63, 3.8) is 0 Å². The van der Waals surface area contributed by atoms with Crippen LogP contribution in [-0.4, -0.2) is 48.8 Å². The van der Waals surface area contributed by atoms with Crippen LogP contribution in [0.1, 0.15) is 20.8 Å². The summed E-state index contributed by atoms with van der Waals surface area (Å²) in [5.74, 6) is 0. The molecular weight excluding hydrogens is 266 g/mol. The fourth-order valence-corrected chi connectivity index (χ4v) is 2.94. The Morgan fingerprint density at radius 3 is 2.81 bits per heavy atom. The topological polar surface area (TPSA) is 44.8 Å². The number of para-hydroxylation sites is 2. The number of carbonyl (C=O) groups is 1. The molecule has 1 amide bonds. The van der Waals surface area contributed by atoms with Crippen molar-refractivity contribution in [1.82, 2.24) is 4.90 Å².